The smallest absolute Gasteiger partial charge is 0.337 e. The number of carbonyl (C=O) groups excluding carboxylic acids is 2. The maximum absolute atomic E-state index is 12.5. The van der Waals surface area contributed by atoms with Crippen LogP contribution in [0.4, 0.5) is 11.4 Å². The molecule has 0 bridgehead atoms. The molecular weight excluding hydrogens is 304 g/mol. The fourth-order valence-electron chi connectivity index (χ4n) is 2.92. The van der Waals surface area contributed by atoms with Gasteiger partial charge in [0.2, 0.25) is 5.91 Å². The predicted octanol–water partition coefficient (Wildman–Crippen LogP) is 2.78. The summed E-state index contributed by atoms with van der Waals surface area (Å²) in [5, 5.41) is 3.14. The monoisotopic (exact) mass is 324 g/mol. The number of anilines is 2. The fourth-order valence-corrected chi connectivity index (χ4v) is 2.92. The van der Waals surface area contributed by atoms with E-state index in [0.29, 0.717) is 12.1 Å². The third-order valence-corrected chi connectivity index (χ3v) is 4.28. The molecule has 1 heterocycles. The molecule has 2 aromatic carbocycles. The number of methoxy groups -OCH3 is 1. The van der Waals surface area contributed by atoms with Crippen LogP contribution in [0.1, 0.15) is 21.5 Å². The van der Waals surface area contributed by atoms with Crippen molar-refractivity contribution in [3.05, 3.63) is 59.2 Å². The summed E-state index contributed by atoms with van der Waals surface area (Å²) in [5.74, 6) is -0.374. The summed E-state index contributed by atoms with van der Waals surface area (Å²) in [6.45, 7) is 2.82. The molecule has 0 saturated carbocycles. The molecule has 1 aliphatic rings. The Kier molecular flexibility index (Phi) is 4.51. The Morgan fingerprint density at radius 3 is 2.79 bits per heavy atom. The molecule has 1 N–H and O–H groups in total. The standard InChI is InChI=1S/C19H20N2O3/c1-13-7-8-15(19(23)24-2)11-16(13)20-12-18(22)21-10-9-14-5-3-4-6-17(14)21/h3-8,11,20H,9-10,12H2,1-2H3. The first-order valence-electron chi connectivity index (χ1n) is 7.91. The third kappa shape index (κ3) is 3.11. The number of carbonyl (C=O) groups is 2. The van der Waals surface area contributed by atoms with Crippen molar-refractivity contribution in [3.8, 4) is 0 Å². The molecule has 124 valence electrons. The van der Waals surface area contributed by atoms with Crippen LogP contribution in [-0.4, -0.2) is 32.1 Å². The van der Waals surface area contributed by atoms with Gasteiger partial charge in [-0.2, -0.15) is 0 Å². The van der Waals surface area contributed by atoms with E-state index >= 15 is 0 Å². The van der Waals surface area contributed by atoms with Gasteiger partial charge in [0, 0.05) is 17.9 Å². The molecule has 0 atom stereocenters. The van der Waals surface area contributed by atoms with Gasteiger partial charge in [0.25, 0.3) is 0 Å². The summed E-state index contributed by atoms with van der Waals surface area (Å²) >= 11 is 0. The number of aryl methyl sites for hydroxylation is 1. The van der Waals surface area contributed by atoms with Crippen LogP contribution in [-0.2, 0) is 16.0 Å². The van der Waals surface area contributed by atoms with Crippen LogP contribution in [0.25, 0.3) is 0 Å². The molecular formula is C19H20N2O3. The Hall–Kier alpha value is -2.82. The van der Waals surface area contributed by atoms with Crippen LogP contribution >= 0.6 is 0 Å². The van der Waals surface area contributed by atoms with Crippen LogP contribution < -0.4 is 10.2 Å². The van der Waals surface area contributed by atoms with Gasteiger partial charge in [0.1, 0.15) is 0 Å². The highest BCUT2D eigenvalue weighted by atomic mass is 16.5. The summed E-state index contributed by atoms with van der Waals surface area (Å²) in [6.07, 6.45) is 0.888. The number of benzene rings is 2. The van der Waals surface area contributed by atoms with Crippen LogP contribution in [0.15, 0.2) is 42.5 Å². The molecule has 0 aliphatic carbocycles. The van der Waals surface area contributed by atoms with E-state index in [1.807, 2.05) is 36.1 Å². The highest BCUT2D eigenvalue weighted by Crippen LogP contribution is 2.27. The molecule has 0 aromatic heterocycles. The molecule has 0 saturated heterocycles. The average molecular weight is 324 g/mol. The van der Waals surface area contributed by atoms with Gasteiger partial charge >= 0.3 is 5.97 Å². The molecule has 5 heteroatoms. The first kappa shape index (κ1) is 16.1. The van der Waals surface area contributed by atoms with Crippen LogP contribution in [0.3, 0.4) is 0 Å². The van der Waals surface area contributed by atoms with E-state index < -0.39 is 5.97 Å². The van der Waals surface area contributed by atoms with E-state index in [0.717, 1.165) is 23.4 Å². The Morgan fingerprint density at radius 1 is 1.21 bits per heavy atom. The second-order valence-corrected chi connectivity index (χ2v) is 5.80. The number of nitrogens with one attached hydrogen (secondary N) is 1. The molecule has 0 fully saturated rings. The number of para-hydroxylation sites is 1. The lowest BCUT2D eigenvalue weighted by Crippen LogP contribution is -2.34. The predicted molar refractivity (Wildman–Crippen MR) is 93.5 cm³/mol. The minimum absolute atomic E-state index is 0.0165. The fraction of sp³-hybridized carbons (Fsp3) is 0.263. The van der Waals surface area contributed by atoms with E-state index in [2.05, 4.69) is 11.4 Å². The lowest BCUT2D eigenvalue weighted by molar-refractivity contribution is -0.116. The van der Waals surface area contributed by atoms with Crippen molar-refractivity contribution in [2.75, 3.05) is 30.4 Å². The number of fused-ring (bicyclic) bond motifs is 1. The normalized spacial score (nSPS) is 12.7. The van der Waals surface area contributed by atoms with Gasteiger partial charge in [-0.15, -0.1) is 0 Å². The largest absolute Gasteiger partial charge is 0.465 e. The number of esters is 1. The van der Waals surface area contributed by atoms with Crippen molar-refractivity contribution < 1.29 is 14.3 Å². The summed E-state index contributed by atoms with van der Waals surface area (Å²) in [5.41, 5.74) is 4.39. The van der Waals surface area contributed by atoms with Crippen LogP contribution in [0.2, 0.25) is 0 Å². The highest BCUT2D eigenvalue weighted by Gasteiger charge is 2.23. The van der Waals surface area contributed by atoms with Crippen molar-refractivity contribution in [2.24, 2.45) is 0 Å². The number of amides is 1. The molecule has 1 amide bonds. The number of nitrogens with zero attached hydrogens (tertiary/aromatic N) is 1. The maximum Gasteiger partial charge on any atom is 0.337 e. The van der Waals surface area contributed by atoms with E-state index in [4.69, 9.17) is 4.74 Å². The quantitative estimate of drug-likeness (QED) is 0.879. The van der Waals surface area contributed by atoms with Gasteiger partial charge in [-0.05, 0) is 42.7 Å². The second-order valence-electron chi connectivity index (χ2n) is 5.80. The molecule has 0 unspecified atom stereocenters. The molecule has 5 nitrogen and oxygen atoms in total. The van der Waals surface area contributed by atoms with Gasteiger partial charge in [0.15, 0.2) is 0 Å². The first-order chi connectivity index (χ1) is 11.6. The van der Waals surface area contributed by atoms with Crippen molar-refractivity contribution >= 4 is 23.3 Å². The van der Waals surface area contributed by atoms with Gasteiger partial charge in [-0.25, -0.2) is 4.79 Å². The Bertz CT molecular complexity index is 786. The Morgan fingerprint density at radius 2 is 2.00 bits per heavy atom. The van der Waals surface area contributed by atoms with Crippen molar-refractivity contribution in [1.82, 2.24) is 0 Å². The van der Waals surface area contributed by atoms with Crippen molar-refractivity contribution in [1.29, 1.82) is 0 Å². The van der Waals surface area contributed by atoms with Gasteiger partial charge in [-0.1, -0.05) is 24.3 Å². The molecule has 1 aliphatic heterocycles. The Balaban J connectivity index is 1.70. The molecule has 24 heavy (non-hydrogen) atoms. The van der Waals surface area contributed by atoms with Gasteiger partial charge < -0.3 is 15.0 Å². The highest BCUT2D eigenvalue weighted by molar-refractivity contribution is 5.98. The summed E-state index contributed by atoms with van der Waals surface area (Å²) in [4.78, 5) is 26.0. The number of hydrogen-bond donors (Lipinski definition) is 1. The zero-order valence-electron chi connectivity index (χ0n) is 13.8. The van der Waals surface area contributed by atoms with Crippen LogP contribution in [0.5, 0.6) is 0 Å². The molecule has 0 spiro atoms. The lowest BCUT2D eigenvalue weighted by Gasteiger charge is -2.18. The summed E-state index contributed by atoms with van der Waals surface area (Å²) in [6, 6.07) is 13.2. The minimum atomic E-state index is -0.391. The van der Waals surface area contributed by atoms with Crippen molar-refractivity contribution in [3.63, 3.8) is 0 Å². The zero-order valence-corrected chi connectivity index (χ0v) is 13.8. The minimum Gasteiger partial charge on any atom is -0.465 e. The molecule has 3 rings (SSSR count). The maximum atomic E-state index is 12.5. The van der Waals surface area contributed by atoms with Crippen molar-refractivity contribution in [2.45, 2.75) is 13.3 Å². The third-order valence-electron chi connectivity index (χ3n) is 4.28. The first-order valence-corrected chi connectivity index (χ1v) is 7.91. The van der Waals surface area contributed by atoms with Crippen LogP contribution in [0, 0.1) is 6.92 Å². The summed E-state index contributed by atoms with van der Waals surface area (Å²) in [7, 11) is 1.35. The van der Waals surface area contributed by atoms with Gasteiger partial charge in [0.05, 0.1) is 19.2 Å². The summed E-state index contributed by atoms with van der Waals surface area (Å²) < 4.78 is 4.74. The van der Waals surface area contributed by atoms with E-state index in [-0.39, 0.29) is 12.5 Å². The molecule has 2 aromatic rings. The number of ether oxygens (including phenoxy) is 1. The molecule has 0 radical (unpaired) electrons. The Labute approximate surface area is 141 Å². The van der Waals surface area contributed by atoms with E-state index in [1.54, 1.807) is 12.1 Å². The zero-order chi connectivity index (χ0) is 17.1. The topological polar surface area (TPSA) is 58.6 Å². The second kappa shape index (κ2) is 6.74. The number of hydrogen-bond acceptors (Lipinski definition) is 4. The average Bonchev–Trinajstić information content (AvgIpc) is 3.04. The lowest BCUT2D eigenvalue weighted by atomic mass is 10.1. The van der Waals surface area contributed by atoms with E-state index in [9.17, 15) is 9.59 Å². The number of rotatable bonds is 4. The van der Waals surface area contributed by atoms with Gasteiger partial charge in [-0.3, -0.25) is 4.79 Å². The SMILES string of the molecule is COC(=O)c1ccc(C)c(NCC(=O)N2CCc3ccccc32)c1. The van der Waals surface area contributed by atoms with E-state index in [1.165, 1.54) is 12.7 Å².